The number of aliphatic imine (C=N–C) groups is 1. The number of guanidine groups is 1. The normalized spacial score (nSPS) is 32.6. The molecule has 106 valence electrons. The molecule has 1 saturated carbocycles. The smallest absolute Gasteiger partial charge is 0.191 e. The number of piperidine rings is 1. The molecule has 1 heterocycles. The largest absolute Gasteiger partial charge is 0.356 e. The van der Waals surface area contributed by atoms with E-state index in [2.05, 4.69) is 34.5 Å². The number of rotatable bonds is 3. The van der Waals surface area contributed by atoms with Crippen LogP contribution in [0.1, 0.15) is 26.2 Å². The minimum Gasteiger partial charge on any atom is -0.356 e. The van der Waals surface area contributed by atoms with E-state index >= 15 is 0 Å². The molecule has 0 aromatic heterocycles. The van der Waals surface area contributed by atoms with Crippen LogP contribution in [0.15, 0.2) is 4.99 Å². The summed E-state index contributed by atoms with van der Waals surface area (Å²) in [6.07, 6.45) is 3.95. The third-order valence-electron chi connectivity index (χ3n) is 3.94. The molecule has 0 amide bonds. The number of hydrogen-bond donors (Lipinski definition) is 2. The molecule has 0 spiro atoms. The minimum absolute atomic E-state index is 0. The fraction of sp³-hybridized carbons (Fsp3) is 0.923. The van der Waals surface area contributed by atoms with E-state index in [0.717, 1.165) is 24.3 Å². The van der Waals surface area contributed by atoms with Gasteiger partial charge in [-0.3, -0.25) is 4.99 Å². The summed E-state index contributed by atoms with van der Waals surface area (Å²) >= 11 is 0. The highest BCUT2D eigenvalue weighted by molar-refractivity contribution is 14.0. The van der Waals surface area contributed by atoms with Crippen molar-refractivity contribution in [1.82, 2.24) is 15.5 Å². The van der Waals surface area contributed by atoms with Crippen LogP contribution in [0.25, 0.3) is 0 Å². The second kappa shape index (κ2) is 7.53. The third-order valence-corrected chi connectivity index (χ3v) is 3.94. The molecule has 5 heteroatoms. The van der Waals surface area contributed by atoms with Gasteiger partial charge in [-0.2, -0.15) is 0 Å². The molecule has 2 aliphatic rings. The first-order valence-corrected chi connectivity index (χ1v) is 6.84. The van der Waals surface area contributed by atoms with Gasteiger partial charge in [0.25, 0.3) is 0 Å². The molecular weight excluding hydrogens is 339 g/mol. The molecule has 0 aromatic rings. The summed E-state index contributed by atoms with van der Waals surface area (Å²) in [6.45, 7) is 5.79. The van der Waals surface area contributed by atoms with Crippen LogP contribution >= 0.6 is 24.0 Å². The summed E-state index contributed by atoms with van der Waals surface area (Å²) in [5.41, 5.74) is 0. The van der Waals surface area contributed by atoms with Gasteiger partial charge in [-0.1, -0.05) is 6.92 Å². The van der Waals surface area contributed by atoms with E-state index in [1.165, 1.54) is 32.4 Å². The predicted octanol–water partition coefficient (Wildman–Crippen LogP) is 1.52. The Hall–Kier alpha value is -0.0400. The zero-order valence-corrected chi connectivity index (χ0v) is 14.1. The lowest BCUT2D eigenvalue weighted by Gasteiger charge is -2.30. The van der Waals surface area contributed by atoms with E-state index in [1.54, 1.807) is 0 Å². The van der Waals surface area contributed by atoms with Gasteiger partial charge in [0.1, 0.15) is 0 Å². The lowest BCUT2D eigenvalue weighted by Crippen LogP contribution is -2.44. The van der Waals surface area contributed by atoms with Gasteiger partial charge in [-0.05, 0) is 44.7 Å². The molecule has 1 saturated heterocycles. The molecule has 1 aliphatic carbocycles. The highest BCUT2D eigenvalue weighted by atomic mass is 127. The first kappa shape index (κ1) is 16.0. The first-order valence-electron chi connectivity index (χ1n) is 6.84. The van der Waals surface area contributed by atoms with Crippen molar-refractivity contribution in [2.75, 3.05) is 33.7 Å². The Morgan fingerprint density at radius 3 is 2.72 bits per heavy atom. The Morgan fingerprint density at radius 2 is 2.17 bits per heavy atom. The monoisotopic (exact) mass is 366 g/mol. The van der Waals surface area contributed by atoms with Crippen molar-refractivity contribution in [3.63, 3.8) is 0 Å². The van der Waals surface area contributed by atoms with Crippen molar-refractivity contribution in [1.29, 1.82) is 0 Å². The first-order chi connectivity index (χ1) is 8.19. The van der Waals surface area contributed by atoms with Crippen molar-refractivity contribution < 1.29 is 0 Å². The lowest BCUT2D eigenvalue weighted by molar-refractivity contribution is 0.210. The van der Waals surface area contributed by atoms with Crippen molar-refractivity contribution in [3.05, 3.63) is 0 Å². The number of nitrogens with zero attached hydrogens (tertiary/aromatic N) is 2. The van der Waals surface area contributed by atoms with E-state index in [0.29, 0.717) is 6.04 Å². The van der Waals surface area contributed by atoms with Crippen LogP contribution in [0.3, 0.4) is 0 Å². The molecule has 2 N–H and O–H groups in total. The SMILES string of the molecule is CN=C(NCC1CCCN(C)C1)NC1CC1C.I. The molecule has 2 rings (SSSR count). The highest BCUT2D eigenvalue weighted by Gasteiger charge is 2.33. The van der Waals surface area contributed by atoms with Crippen molar-refractivity contribution in [2.24, 2.45) is 16.8 Å². The molecule has 0 aromatic carbocycles. The molecular formula is C13H27IN4. The van der Waals surface area contributed by atoms with Crippen LogP contribution in [-0.4, -0.2) is 50.6 Å². The van der Waals surface area contributed by atoms with E-state index in [-0.39, 0.29) is 24.0 Å². The highest BCUT2D eigenvalue weighted by Crippen LogP contribution is 2.28. The molecule has 2 fully saturated rings. The topological polar surface area (TPSA) is 39.7 Å². The maximum atomic E-state index is 4.29. The van der Waals surface area contributed by atoms with Gasteiger partial charge < -0.3 is 15.5 Å². The summed E-state index contributed by atoms with van der Waals surface area (Å²) in [5.74, 6) is 2.56. The van der Waals surface area contributed by atoms with Gasteiger partial charge >= 0.3 is 0 Å². The van der Waals surface area contributed by atoms with Gasteiger partial charge in [0.2, 0.25) is 0 Å². The molecule has 0 bridgehead atoms. The van der Waals surface area contributed by atoms with E-state index < -0.39 is 0 Å². The quantitative estimate of drug-likeness (QED) is 0.452. The van der Waals surface area contributed by atoms with Crippen LogP contribution in [-0.2, 0) is 0 Å². The number of nitrogens with one attached hydrogen (secondary N) is 2. The maximum absolute atomic E-state index is 4.29. The average Bonchev–Trinajstić information content (AvgIpc) is 3.00. The maximum Gasteiger partial charge on any atom is 0.191 e. The molecule has 3 unspecified atom stereocenters. The lowest BCUT2D eigenvalue weighted by atomic mass is 9.99. The molecule has 18 heavy (non-hydrogen) atoms. The van der Waals surface area contributed by atoms with Gasteiger partial charge in [0, 0.05) is 26.2 Å². The summed E-state index contributed by atoms with van der Waals surface area (Å²) in [6, 6.07) is 0.648. The van der Waals surface area contributed by atoms with Crippen LogP contribution in [0.2, 0.25) is 0 Å². The number of halogens is 1. The summed E-state index contributed by atoms with van der Waals surface area (Å²) in [4.78, 5) is 6.71. The van der Waals surface area contributed by atoms with Crippen LogP contribution in [0.4, 0.5) is 0 Å². The fourth-order valence-electron chi connectivity index (χ4n) is 2.57. The van der Waals surface area contributed by atoms with E-state index in [4.69, 9.17) is 0 Å². The Kier molecular flexibility index (Phi) is 6.70. The van der Waals surface area contributed by atoms with Crippen molar-refractivity contribution in [2.45, 2.75) is 32.2 Å². The summed E-state index contributed by atoms with van der Waals surface area (Å²) in [5, 5.41) is 6.93. The van der Waals surface area contributed by atoms with Gasteiger partial charge in [0.15, 0.2) is 5.96 Å². The standard InChI is InChI=1S/C13H26N4.HI/c1-10-7-12(10)16-13(14-2)15-8-11-5-4-6-17(3)9-11;/h10-12H,4-9H2,1-3H3,(H2,14,15,16);1H. The molecule has 0 radical (unpaired) electrons. The van der Waals surface area contributed by atoms with Crippen molar-refractivity contribution in [3.8, 4) is 0 Å². The summed E-state index contributed by atoms with van der Waals surface area (Å²) < 4.78 is 0. The van der Waals surface area contributed by atoms with Gasteiger partial charge in [-0.15, -0.1) is 24.0 Å². The second-order valence-electron chi connectivity index (χ2n) is 5.69. The predicted molar refractivity (Wildman–Crippen MR) is 87.7 cm³/mol. The average molecular weight is 366 g/mol. The number of likely N-dealkylation sites (tertiary alicyclic amines) is 1. The number of hydrogen-bond acceptors (Lipinski definition) is 2. The van der Waals surface area contributed by atoms with Gasteiger partial charge in [0.05, 0.1) is 0 Å². The van der Waals surface area contributed by atoms with Crippen LogP contribution < -0.4 is 10.6 Å². The van der Waals surface area contributed by atoms with Crippen molar-refractivity contribution >= 4 is 29.9 Å². The Balaban J connectivity index is 0.00000162. The Bertz CT molecular complexity index is 282. The zero-order chi connectivity index (χ0) is 12.3. The van der Waals surface area contributed by atoms with Crippen LogP contribution in [0.5, 0.6) is 0 Å². The minimum atomic E-state index is 0. The van der Waals surface area contributed by atoms with E-state index in [1.807, 2.05) is 7.05 Å². The fourth-order valence-corrected chi connectivity index (χ4v) is 2.57. The van der Waals surface area contributed by atoms with E-state index in [9.17, 15) is 0 Å². The zero-order valence-electron chi connectivity index (χ0n) is 11.8. The molecule has 3 atom stereocenters. The van der Waals surface area contributed by atoms with Crippen LogP contribution in [0, 0.1) is 11.8 Å². The molecule has 1 aliphatic heterocycles. The van der Waals surface area contributed by atoms with Gasteiger partial charge in [-0.25, -0.2) is 0 Å². The third kappa shape index (κ3) is 4.91. The second-order valence-corrected chi connectivity index (χ2v) is 5.69. The summed E-state index contributed by atoms with van der Waals surface area (Å²) in [7, 11) is 4.07. The Labute approximate surface area is 128 Å². The Morgan fingerprint density at radius 1 is 1.44 bits per heavy atom. The molecule has 4 nitrogen and oxygen atoms in total.